The molecule has 1 fully saturated rings. The monoisotopic (exact) mass is 348 g/mol. The van der Waals surface area contributed by atoms with E-state index in [-0.39, 0.29) is 30.5 Å². The highest BCUT2D eigenvalue weighted by molar-refractivity contribution is 8.04. The molecule has 128 valence electrons. The second-order valence-corrected chi connectivity index (χ2v) is 7.06. The number of carbonyl (C=O) groups excluding carboxylic acids is 2. The third kappa shape index (κ3) is 2.78. The van der Waals surface area contributed by atoms with Crippen molar-refractivity contribution in [3.8, 4) is 0 Å². The van der Waals surface area contributed by atoms with Crippen LogP contribution in [-0.2, 0) is 14.3 Å². The first-order valence-electron chi connectivity index (χ1n) is 7.82. The standard InChI is InChI=1S/C17H20N2O4S/c1-3-8-23-17(22)14-13(9-11(2)18-6-4-5-7-18)24-16-12(10-20)15(21)19(14)16/h3-7,11-12,16,20H,1,8-10H2,2H3/t11-,12+,16-/m1/s1. The molecule has 0 spiro atoms. The van der Waals surface area contributed by atoms with Gasteiger partial charge in [0.25, 0.3) is 0 Å². The van der Waals surface area contributed by atoms with Crippen LogP contribution >= 0.6 is 11.8 Å². The Labute approximate surface area is 144 Å². The van der Waals surface area contributed by atoms with Crippen molar-refractivity contribution in [2.45, 2.75) is 24.8 Å². The summed E-state index contributed by atoms with van der Waals surface area (Å²) in [6, 6.07) is 4.04. The van der Waals surface area contributed by atoms with Gasteiger partial charge in [-0.15, -0.1) is 11.8 Å². The van der Waals surface area contributed by atoms with E-state index in [9.17, 15) is 14.7 Å². The van der Waals surface area contributed by atoms with Gasteiger partial charge in [0, 0.05) is 29.8 Å². The molecule has 3 atom stereocenters. The Hall–Kier alpha value is -1.99. The molecule has 2 aliphatic rings. The van der Waals surface area contributed by atoms with Crippen molar-refractivity contribution in [3.63, 3.8) is 0 Å². The molecular formula is C17H20N2O4S. The zero-order valence-electron chi connectivity index (χ0n) is 13.4. The molecule has 1 amide bonds. The topological polar surface area (TPSA) is 71.8 Å². The second kappa shape index (κ2) is 6.86. The van der Waals surface area contributed by atoms with Crippen molar-refractivity contribution in [1.82, 2.24) is 9.47 Å². The molecule has 1 aromatic rings. The summed E-state index contributed by atoms with van der Waals surface area (Å²) < 4.78 is 7.21. The number of esters is 1. The molecule has 1 aromatic heterocycles. The Balaban J connectivity index is 1.84. The summed E-state index contributed by atoms with van der Waals surface area (Å²) >= 11 is 1.48. The maximum Gasteiger partial charge on any atom is 0.356 e. The van der Waals surface area contributed by atoms with Crippen LogP contribution in [0.1, 0.15) is 19.4 Å². The fourth-order valence-electron chi connectivity index (χ4n) is 2.98. The van der Waals surface area contributed by atoms with Gasteiger partial charge in [-0.25, -0.2) is 4.79 Å². The van der Waals surface area contributed by atoms with Crippen LogP contribution < -0.4 is 0 Å². The number of rotatable bonds is 7. The van der Waals surface area contributed by atoms with Gasteiger partial charge in [0.05, 0.1) is 12.5 Å². The van der Waals surface area contributed by atoms with Crippen molar-refractivity contribution in [3.05, 3.63) is 47.8 Å². The number of hydrogen-bond donors (Lipinski definition) is 1. The van der Waals surface area contributed by atoms with E-state index in [4.69, 9.17) is 4.74 Å². The molecule has 3 rings (SSSR count). The largest absolute Gasteiger partial charge is 0.457 e. The highest BCUT2D eigenvalue weighted by atomic mass is 32.2. The number of aliphatic hydroxyl groups excluding tert-OH is 1. The van der Waals surface area contributed by atoms with Gasteiger partial charge in [-0.2, -0.15) is 0 Å². The Bertz CT molecular complexity index is 683. The summed E-state index contributed by atoms with van der Waals surface area (Å²) in [4.78, 5) is 26.9. The fraction of sp³-hybridized carbons (Fsp3) is 0.412. The molecule has 0 radical (unpaired) electrons. The van der Waals surface area contributed by atoms with E-state index in [0.29, 0.717) is 12.1 Å². The third-order valence-corrected chi connectivity index (χ3v) is 5.69. The van der Waals surface area contributed by atoms with Crippen molar-refractivity contribution in [2.75, 3.05) is 13.2 Å². The SMILES string of the molecule is C=CCOC(=O)C1=C(C[C@@H](C)n2cccc2)S[C@@H]2[C@@H](CO)C(=O)N12. The lowest BCUT2D eigenvalue weighted by molar-refractivity contribution is -0.155. The van der Waals surface area contributed by atoms with Crippen LogP contribution in [0.2, 0.25) is 0 Å². The first kappa shape index (κ1) is 16.9. The summed E-state index contributed by atoms with van der Waals surface area (Å²) in [5.74, 6) is -1.18. The van der Waals surface area contributed by atoms with Gasteiger partial charge in [-0.1, -0.05) is 12.7 Å². The average molecular weight is 348 g/mol. The van der Waals surface area contributed by atoms with Gasteiger partial charge in [0.1, 0.15) is 17.7 Å². The number of aromatic nitrogens is 1. The van der Waals surface area contributed by atoms with Crippen LogP contribution in [0.25, 0.3) is 0 Å². The number of ether oxygens (including phenoxy) is 1. The fourth-order valence-corrected chi connectivity index (χ4v) is 4.58. The van der Waals surface area contributed by atoms with E-state index in [1.165, 1.54) is 22.7 Å². The molecule has 1 N–H and O–H groups in total. The van der Waals surface area contributed by atoms with E-state index in [0.717, 1.165) is 4.91 Å². The molecule has 0 aromatic carbocycles. The lowest BCUT2D eigenvalue weighted by atomic mass is 9.98. The van der Waals surface area contributed by atoms with Crippen LogP contribution in [0.4, 0.5) is 0 Å². The van der Waals surface area contributed by atoms with Gasteiger partial charge in [0.15, 0.2) is 0 Å². The number of hydrogen-bond acceptors (Lipinski definition) is 5. The van der Waals surface area contributed by atoms with Crippen molar-refractivity contribution in [1.29, 1.82) is 0 Å². The smallest absolute Gasteiger partial charge is 0.356 e. The van der Waals surface area contributed by atoms with E-state index in [1.54, 1.807) is 0 Å². The number of nitrogens with zero attached hydrogens (tertiary/aromatic N) is 2. The van der Waals surface area contributed by atoms with Crippen molar-refractivity contribution in [2.24, 2.45) is 5.92 Å². The summed E-state index contributed by atoms with van der Waals surface area (Å²) in [5.41, 5.74) is 0.320. The van der Waals surface area contributed by atoms with Gasteiger partial charge < -0.3 is 14.4 Å². The number of β-lactam (4-membered cyclic amide) rings is 1. The molecule has 0 bridgehead atoms. The maximum absolute atomic E-state index is 12.4. The molecule has 7 heteroatoms. The molecule has 3 heterocycles. The Kier molecular flexibility index (Phi) is 4.82. The minimum absolute atomic E-state index is 0.101. The number of carbonyl (C=O) groups is 2. The van der Waals surface area contributed by atoms with Crippen LogP contribution in [-0.4, -0.2) is 45.0 Å². The van der Waals surface area contributed by atoms with Crippen molar-refractivity contribution < 1.29 is 19.4 Å². The van der Waals surface area contributed by atoms with Crippen LogP contribution in [0.15, 0.2) is 47.8 Å². The number of thioether (sulfide) groups is 1. The van der Waals surface area contributed by atoms with E-state index < -0.39 is 11.9 Å². The first-order chi connectivity index (χ1) is 11.6. The molecule has 1 saturated heterocycles. The van der Waals surface area contributed by atoms with Gasteiger partial charge in [-0.3, -0.25) is 9.69 Å². The number of amides is 1. The summed E-state index contributed by atoms with van der Waals surface area (Å²) in [6.07, 6.45) is 6.05. The highest BCUT2D eigenvalue weighted by Gasteiger charge is 2.55. The van der Waals surface area contributed by atoms with Gasteiger partial charge in [0.2, 0.25) is 5.91 Å². The zero-order chi connectivity index (χ0) is 17.3. The van der Waals surface area contributed by atoms with E-state index in [1.807, 2.05) is 24.5 Å². The summed E-state index contributed by atoms with van der Waals surface area (Å²) in [7, 11) is 0. The Morgan fingerprint density at radius 3 is 2.83 bits per heavy atom. The summed E-state index contributed by atoms with van der Waals surface area (Å²) in [5, 5.41) is 9.17. The molecule has 6 nitrogen and oxygen atoms in total. The molecule has 24 heavy (non-hydrogen) atoms. The van der Waals surface area contributed by atoms with Crippen LogP contribution in [0, 0.1) is 5.92 Å². The quantitative estimate of drug-likeness (QED) is 0.463. The highest BCUT2D eigenvalue weighted by Crippen LogP contribution is 2.51. The molecule has 0 unspecified atom stereocenters. The van der Waals surface area contributed by atoms with Crippen LogP contribution in [0.5, 0.6) is 0 Å². The first-order valence-corrected chi connectivity index (χ1v) is 8.70. The van der Waals surface area contributed by atoms with Gasteiger partial charge >= 0.3 is 5.97 Å². The van der Waals surface area contributed by atoms with Crippen molar-refractivity contribution >= 4 is 23.6 Å². The average Bonchev–Trinajstić information content (AvgIpc) is 3.20. The molecular weight excluding hydrogens is 328 g/mol. The van der Waals surface area contributed by atoms with Gasteiger partial charge in [-0.05, 0) is 19.1 Å². The van der Waals surface area contributed by atoms with E-state index >= 15 is 0 Å². The number of aliphatic hydroxyl groups is 1. The molecule has 0 saturated carbocycles. The zero-order valence-corrected chi connectivity index (χ0v) is 14.2. The lowest BCUT2D eigenvalue weighted by Gasteiger charge is -2.41. The predicted molar refractivity (Wildman–Crippen MR) is 90.7 cm³/mol. The number of fused-ring (bicyclic) bond motifs is 1. The maximum atomic E-state index is 12.4. The number of allylic oxidation sites excluding steroid dienone is 1. The predicted octanol–water partition coefficient (Wildman–Crippen LogP) is 1.90. The Morgan fingerprint density at radius 1 is 1.50 bits per heavy atom. The third-order valence-electron chi connectivity index (χ3n) is 4.26. The normalized spacial score (nSPS) is 23.8. The molecule has 2 aliphatic heterocycles. The Morgan fingerprint density at radius 2 is 2.21 bits per heavy atom. The summed E-state index contributed by atoms with van der Waals surface area (Å²) in [6.45, 7) is 5.48. The van der Waals surface area contributed by atoms with E-state index in [2.05, 4.69) is 18.1 Å². The van der Waals surface area contributed by atoms with Crippen LogP contribution in [0.3, 0.4) is 0 Å². The lowest BCUT2D eigenvalue weighted by Crippen LogP contribution is -2.58. The molecule has 0 aliphatic carbocycles. The second-order valence-electron chi connectivity index (χ2n) is 5.85. The minimum atomic E-state index is -0.510. The minimum Gasteiger partial charge on any atom is -0.457 e.